The minimum atomic E-state index is 0.0789. The van der Waals surface area contributed by atoms with Crippen molar-refractivity contribution >= 4 is 23.5 Å². The standard InChI is InChI=1S/C13H18N2OS/c1-10-7-8-17-12(10)9-14-15-13(16)11-5-3-2-4-6-11/h7-9,11H,2-6H2,1H3,(H,15,16). The SMILES string of the molecule is Cc1ccsc1C=NNC(=O)C1CCCCC1. The van der Waals surface area contributed by atoms with Crippen LogP contribution in [0.4, 0.5) is 0 Å². The number of carbonyl (C=O) groups is 1. The van der Waals surface area contributed by atoms with Gasteiger partial charge in [-0.05, 0) is 36.8 Å². The highest BCUT2D eigenvalue weighted by Gasteiger charge is 2.20. The van der Waals surface area contributed by atoms with Gasteiger partial charge in [0.1, 0.15) is 0 Å². The van der Waals surface area contributed by atoms with Gasteiger partial charge >= 0.3 is 0 Å². The minimum Gasteiger partial charge on any atom is -0.273 e. The van der Waals surface area contributed by atoms with E-state index in [0.29, 0.717) is 0 Å². The van der Waals surface area contributed by atoms with Crippen LogP contribution >= 0.6 is 11.3 Å². The third-order valence-electron chi connectivity index (χ3n) is 3.23. The molecule has 1 saturated carbocycles. The molecule has 1 aliphatic rings. The quantitative estimate of drug-likeness (QED) is 0.650. The van der Waals surface area contributed by atoms with Gasteiger partial charge in [0.25, 0.3) is 0 Å². The number of hydrogen-bond donors (Lipinski definition) is 1. The second-order valence-corrected chi connectivity index (χ2v) is 5.48. The molecule has 0 atom stereocenters. The van der Waals surface area contributed by atoms with Crippen molar-refractivity contribution in [3.63, 3.8) is 0 Å². The summed E-state index contributed by atoms with van der Waals surface area (Å²) < 4.78 is 0. The number of hydrogen-bond acceptors (Lipinski definition) is 3. The summed E-state index contributed by atoms with van der Waals surface area (Å²) in [5.41, 5.74) is 3.85. The van der Waals surface area contributed by atoms with Crippen LogP contribution in [0.15, 0.2) is 16.5 Å². The smallest absolute Gasteiger partial charge is 0.243 e. The van der Waals surface area contributed by atoms with E-state index in [9.17, 15) is 4.79 Å². The van der Waals surface area contributed by atoms with E-state index in [0.717, 1.165) is 17.7 Å². The molecule has 0 saturated heterocycles. The zero-order valence-corrected chi connectivity index (χ0v) is 10.9. The molecule has 2 rings (SSSR count). The van der Waals surface area contributed by atoms with Crippen LogP contribution < -0.4 is 5.43 Å². The molecule has 0 radical (unpaired) electrons. The largest absolute Gasteiger partial charge is 0.273 e. The van der Waals surface area contributed by atoms with Gasteiger partial charge in [-0.3, -0.25) is 4.79 Å². The van der Waals surface area contributed by atoms with Crippen molar-refractivity contribution in [1.29, 1.82) is 0 Å². The van der Waals surface area contributed by atoms with E-state index < -0.39 is 0 Å². The summed E-state index contributed by atoms with van der Waals surface area (Å²) in [5, 5.41) is 6.06. The van der Waals surface area contributed by atoms with E-state index in [4.69, 9.17) is 0 Å². The van der Waals surface area contributed by atoms with Crippen molar-refractivity contribution in [2.24, 2.45) is 11.0 Å². The summed E-state index contributed by atoms with van der Waals surface area (Å²) in [6.45, 7) is 2.04. The van der Waals surface area contributed by atoms with Crippen molar-refractivity contribution in [1.82, 2.24) is 5.43 Å². The van der Waals surface area contributed by atoms with Crippen molar-refractivity contribution < 1.29 is 4.79 Å². The Morgan fingerprint density at radius 1 is 1.47 bits per heavy atom. The topological polar surface area (TPSA) is 41.5 Å². The molecule has 0 aliphatic heterocycles. The molecular weight excluding hydrogens is 232 g/mol. The molecule has 1 fully saturated rings. The van der Waals surface area contributed by atoms with Crippen LogP contribution in [0.5, 0.6) is 0 Å². The lowest BCUT2D eigenvalue weighted by molar-refractivity contribution is -0.125. The molecule has 4 heteroatoms. The monoisotopic (exact) mass is 250 g/mol. The van der Waals surface area contributed by atoms with Crippen LogP contribution in [0.3, 0.4) is 0 Å². The molecule has 1 heterocycles. The van der Waals surface area contributed by atoms with Gasteiger partial charge in [-0.25, -0.2) is 5.43 Å². The first-order chi connectivity index (χ1) is 8.27. The van der Waals surface area contributed by atoms with Crippen molar-refractivity contribution in [3.8, 4) is 0 Å². The molecule has 1 N–H and O–H groups in total. The van der Waals surface area contributed by atoms with E-state index in [1.54, 1.807) is 17.6 Å². The highest BCUT2D eigenvalue weighted by molar-refractivity contribution is 7.11. The Bertz CT molecular complexity index is 405. The van der Waals surface area contributed by atoms with Crippen LogP contribution in [0, 0.1) is 12.8 Å². The molecule has 0 unspecified atom stereocenters. The highest BCUT2D eigenvalue weighted by atomic mass is 32.1. The number of nitrogens with zero attached hydrogens (tertiary/aromatic N) is 1. The van der Waals surface area contributed by atoms with E-state index >= 15 is 0 Å². The van der Waals surface area contributed by atoms with Crippen LogP contribution in [0.2, 0.25) is 0 Å². The predicted octanol–water partition coefficient (Wildman–Crippen LogP) is 3.09. The second kappa shape index (κ2) is 5.96. The Morgan fingerprint density at radius 2 is 2.24 bits per heavy atom. The van der Waals surface area contributed by atoms with Gasteiger partial charge in [0, 0.05) is 10.8 Å². The number of nitrogens with one attached hydrogen (secondary N) is 1. The zero-order valence-electron chi connectivity index (χ0n) is 10.1. The molecule has 0 aromatic carbocycles. The van der Waals surface area contributed by atoms with Crippen molar-refractivity contribution in [2.45, 2.75) is 39.0 Å². The molecule has 92 valence electrons. The van der Waals surface area contributed by atoms with Crippen LogP contribution in [0.1, 0.15) is 42.5 Å². The first-order valence-corrected chi connectivity index (χ1v) is 7.02. The zero-order chi connectivity index (χ0) is 12.1. The van der Waals surface area contributed by atoms with Gasteiger partial charge < -0.3 is 0 Å². The van der Waals surface area contributed by atoms with Gasteiger partial charge in [-0.2, -0.15) is 5.10 Å². The van der Waals surface area contributed by atoms with Crippen molar-refractivity contribution in [2.75, 3.05) is 0 Å². The van der Waals surface area contributed by atoms with Gasteiger partial charge in [-0.1, -0.05) is 19.3 Å². The van der Waals surface area contributed by atoms with Gasteiger partial charge in [0.2, 0.25) is 5.91 Å². The maximum Gasteiger partial charge on any atom is 0.243 e. The molecule has 1 aliphatic carbocycles. The van der Waals surface area contributed by atoms with Crippen LogP contribution in [-0.4, -0.2) is 12.1 Å². The Balaban J connectivity index is 1.83. The predicted molar refractivity (Wildman–Crippen MR) is 71.4 cm³/mol. The average molecular weight is 250 g/mol. The molecule has 17 heavy (non-hydrogen) atoms. The lowest BCUT2D eigenvalue weighted by Crippen LogP contribution is -2.28. The van der Waals surface area contributed by atoms with Crippen LogP contribution in [0.25, 0.3) is 0 Å². The van der Waals surface area contributed by atoms with E-state index in [1.807, 2.05) is 12.3 Å². The lowest BCUT2D eigenvalue weighted by atomic mass is 9.89. The third kappa shape index (κ3) is 3.40. The maximum atomic E-state index is 11.8. The fourth-order valence-corrected chi connectivity index (χ4v) is 2.91. The summed E-state index contributed by atoms with van der Waals surface area (Å²) in [7, 11) is 0. The number of hydrazone groups is 1. The number of aryl methyl sites for hydroxylation is 1. The van der Waals surface area contributed by atoms with Gasteiger partial charge in [0.05, 0.1) is 6.21 Å². The molecule has 1 amide bonds. The van der Waals surface area contributed by atoms with Crippen molar-refractivity contribution in [3.05, 3.63) is 21.9 Å². The number of carbonyl (C=O) groups excluding carboxylic acids is 1. The lowest BCUT2D eigenvalue weighted by Gasteiger charge is -2.19. The average Bonchev–Trinajstić information content (AvgIpc) is 2.76. The number of rotatable bonds is 3. The van der Waals surface area contributed by atoms with Gasteiger partial charge in [0.15, 0.2) is 0 Å². The first-order valence-electron chi connectivity index (χ1n) is 6.14. The fourth-order valence-electron chi connectivity index (χ4n) is 2.13. The summed E-state index contributed by atoms with van der Waals surface area (Å²) in [6.07, 6.45) is 7.37. The summed E-state index contributed by atoms with van der Waals surface area (Å²) in [4.78, 5) is 12.9. The van der Waals surface area contributed by atoms with E-state index in [1.165, 1.54) is 24.8 Å². The number of thiophene rings is 1. The molecule has 3 nitrogen and oxygen atoms in total. The normalized spacial score (nSPS) is 17.5. The van der Waals surface area contributed by atoms with Gasteiger partial charge in [-0.15, -0.1) is 11.3 Å². The molecule has 1 aromatic heterocycles. The summed E-state index contributed by atoms with van der Waals surface area (Å²) >= 11 is 1.64. The maximum absolute atomic E-state index is 11.8. The molecule has 0 bridgehead atoms. The Labute approximate surface area is 106 Å². The molecule has 0 spiro atoms. The number of amides is 1. The summed E-state index contributed by atoms with van der Waals surface area (Å²) in [6, 6.07) is 2.05. The summed E-state index contributed by atoms with van der Waals surface area (Å²) in [5.74, 6) is 0.250. The molecular formula is C13H18N2OS. The third-order valence-corrected chi connectivity index (χ3v) is 4.19. The first kappa shape index (κ1) is 12.3. The molecule has 1 aromatic rings. The fraction of sp³-hybridized carbons (Fsp3) is 0.538. The Kier molecular flexibility index (Phi) is 4.31. The minimum absolute atomic E-state index is 0.0789. The van der Waals surface area contributed by atoms with Crippen LogP contribution in [-0.2, 0) is 4.79 Å². The van der Waals surface area contributed by atoms with E-state index in [2.05, 4.69) is 16.6 Å². The van der Waals surface area contributed by atoms with E-state index in [-0.39, 0.29) is 11.8 Å². The second-order valence-electron chi connectivity index (χ2n) is 4.54. The Hall–Kier alpha value is -1.16. The Morgan fingerprint density at radius 3 is 2.88 bits per heavy atom. The highest BCUT2D eigenvalue weighted by Crippen LogP contribution is 2.23.